The third-order valence-electron chi connectivity index (χ3n) is 5.31. The molecule has 5 nitrogen and oxygen atoms in total. The molecule has 2 aromatic heterocycles. The van der Waals surface area contributed by atoms with Gasteiger partial charge in [-0.3, -0.25) is 9.69 Å². The van der Waals surface area contributed by atoms with Gasteiger partial charge in [0.05, 0.1) is 22.8 Å². The predicted octanol–water partition coefficient (Wildman–Crippen LogP) is 4.12. The Hall–Kier alpha value is -2.37. The molecule has 1 aliphatic heterocycles. The Morgan fingerprint density at radius 2 is 2.07 bits per heavy atom. The number of hydrogen-bond acceptors (Lipinski definition) is 4. The molecule has 0 atom stereocenters. The van der Waals surface area contributed by atoms with E-state index in [1.165, 1.54) is 0 Å². The van der Waals surface area contributed by atoms with E-state index < -0.39 is 0 Å². The van der Waals surface area contributed by atoms with Crippen LogP contribution in [0.15, 0.2) is 45.6 Å². The van der Waals surface area contributed by atoms with E-state index in [0.29, 0.717) is 24.0 Å². The third kappa shape index (κ3) is 3.33. The lowest BCUT2D eigenvalue weighted by atomic mass is 10.1. The SMILES string of the molecule is O=c1[nH]c(C2CC2)nc2c1CN(Cc1ccc(-c3ccccc3Cl)o1)CC2. The van der Waals surface area contributed by atoms with E-state index in [1.54, 1.807) is 0 Å². The minimum Gasteiger partial charge on any atom is -0.460 e. The van der Waals surface area contributed by atoms with Crippen LogP contribution in [0.5, 0.6) is 0 Å². The number of halogens is 1. The molecule has 5 rings (SSSR count). The van der Waals surface area contributed by atoms with Gasteiger partial charge in [-0.05, 0) is 37.1 Å². The summed E-state index contributed by atoms with van der Waals surface area (Å²) in [6, 6.07) is 11.6. The van der Waals surface area contributed by atoms with Gasteiger partial charge in [0.15, 0.2) is 0 Å². The number of fused-ring (bicyclic) bond motifs is 1. The van der Waals surface area contributed by atoms with E-state index >= 15 is 0 Å². The van der Waals surface area contributed by atoms with Gasteiger partial charge < -0.3 is 9.40 Å². The Bertz CT molecular complexity index is 1050. The van der Waals surface area contributed by atoms with Crippen molar-refractivity contribution in [2.75, 3.05) is 6.54 Å². The van der Waals surface area contributed by atoms with E-state index in [2.05, 4.69) is 9.88 Å². The van der Waals surface area contributed by atoms with Crippen LogP contribution in [0.4, 0.5) is 0 Å². The molecule has 1 N–H and O–H groups in total. The van der Waals surface area contributed by atoms with Gasteiger partial charge in [0.2, 0.25) is 0 Å². The van der Waals surface area contributed by atoms with Crippen LogP contribution in [-0.4, -0.2) is 21.4 Å². The fraction of sp³-hybridized carbons (Fsp3) is 0.333. The highest BCUT2D eigenvalue weighted by molar-refractivity contribution is 6.33. The third-order valence-corrected chi connectivity index (χ3v) is 5.64. The first-order valence-electron chi connectivity index (χ1n) is 9.35. The summed E-state index contributed by atoms with van der Waals surface area (Å²) in [6.07, 6.45) is 3.08. The standard InChI is InChI=1S/C21H20ClN3O2/c22-17-4-2-1-3-15(17)19-8-7-14(27-19)11-25-10-9-18-16(12-25)21(26)24-20(23-18)13-5-6-13/h1-4,7-8,13H,5-6,9-12H2,(H,23,24,26). The van der Waals surface area contributed by atoms with Gasteiger partial charge in [0.25, 0.3) is 5.56 Å². The summed E-state index contributed by atoms with van der Waals surface area (Å²) >= 11 is 6.26. The van der Waals surface area contributed by atoms with Gasteiger partial charge >= 0.3 is 0 Å². The Morgan fingerprint density at radius 1 is 1.22 bits per heavy atom. The molecule has 1 saturated carbocycles. The molecular weight excluding hydrogens is 362 g/mol. The molecule has 3 aromatic rings. The van der Waals surface area contributed by atoms with Crippen molar-refractivity contribution >= 4 is 11.6 Å². The Morgan fingerprint density at radius 3 is 2.89 bits per heavy atom. The van der Waals surface area contributed by atoms with Gasteiger partial charge in [-0.2, -0.15) is 0 Å². The first-order chi connectivity index (χ1) is 13.2. The monoisotopic (exact) mass is 381 g/mol. The predicted molar refractivity (Wildman–Crippen MR) is 104 cm³/mol. The quantitative estimate of drug-likeness (QED) is 0.738. The van der Waals surface area contributed by atoms with Gasteiger partial charge in [-0.15, -0.1) is 0 Å². The highest BCUT2D eigenvalue weighted by atomic mass is 35.5. The zero-order chi connectivity index (χ0) is 18.4. The van der Waals surface area contributed by atoms with Gasteiger partial charge in [0.1, 0.15) is 17.3 Å². The highest BCUT2D eigenvalue weighted by Gasteiger charge is 2.29. The lowest BCUT2D eigenvalue weighted by molar-refractivity contribution is 0.223. The van der Waals surface area contributed by atoms with Crippen molar-refractivity contribution in [2.45, 2.75) is 38.3 Å². The molecule has 6 heteroatoms. The molecule has 0 saturated heterocycles. The Balaban J connectivity index is 1.33. The summed E-state index contributed by atoms with van der Waals surface area (Å²) in [4.78, 5) is 22.4. The van der Waals surface area contributed by atoms with Gasteiger partial charge in [-0.1, -0.05) is 23.7 Å². The van der Waals surface area contributed by atoms with Crippen molar-refractivity contribution in [3.05, 3.63) is 74.6 Å². The lowest BCUT2D eigenvalue weighted by Crippen LogP contribution is -2.35. The zero-order valence-electron chi connectivity index (χ0n) is 14.9. The van der Waals surface area contributed by atoms with E-state index in [1.807, 2.05) is 36.4 Å². The molecule has 27 heavy (non-hydrogen) atoms. The van der Waals surface area contributed by atoms with Crippen LogP contribution in [-0.2, 0) is 19.5 Å². The molecule has 0 spiro atoms. The van der Waals surface area contributed by atoms with Crippen molar-refractivity contribution < 1.29 is 4.42 Å². The van der Waals surface area contributed by atoms with Crippen molar-refractivity contribution in [3.63, 3.8) is 0 Å². The number of nitrogens with zero attached hydrogens (tertiary/aromatic N) is 2. The van der Waals surface area contributed by atoms with Crippen molar-refractivity contribution in [2.24, 2.45) is 0 Å². The number of aromatic amines is 1. The molecule has 2 aliphatic rings. The molecule has 0 bridgehead atoms. The van der Waals surface area contributed by atoms with Crippen LogP contribution in [0, 0.1) is 0 Å². The van der Waals surface area contributed by atoms with Crippen LogP contribution in [0.25, 0.3) is 11.3 Å². The molecule has 1 fully saturated rings. The number of nitrogens with one attached hydrogen (secondary N) is 1. The minimum atomic E-state index is 0.0165. The molecule has 3 heterocycles. The molecule has 0 radical (unpaired) electrons. The normalized spacial score (nSPS) is 17.1. The minimum absolute atomic E-state index is 0.0165. The number of rotatable bonds is 4. The number of hydrogen-bond donors (Lipinski definition) is 1. The average molecular weight is 382 g/mol. The summed E-state index contributed by atoms with van der Waals surface area (Å²) in [5.74, 6) is 2.98. The summed E-state index contributed by atoms with van der Waals surface area (Å²) in [5, 5.41) is 0.675. The fourth-order valence-corrected chi connectivity index (χ4v) is 3.90. The maximum atomic E-state index is 12.5. The topological polar surface area (TPSA) is 62.1 Å². The maximum absolute atomic E-state index is 12.5. The highest BCUT2D eigenvalue weighted by Crippen LogP contribution is 2.38. The second-order valence-electron chi connectivity index (χ2n) is 7.36. The number of H-pyrrole nitrogens is 1. The Kier molecular flexibility index (Phi) is 4.14. The van der Waals surface area contributed by atoms with E-state index in [9.17, 15) is 4.79 Å². The van der Waals surface area contributed by atoms with Crippen LogP contribution in [0.2, 0.25) is 5.02 Å². The van der Waals surface area contributed by atoms with Gasteiger partial charge in [0, 0.05) is 31.0 Å². The van der Waals surface area contributed by atoms with Crippen molar-refractivity contribution in [1.29, 1.82) is 0 Å². The maximum Gasteiger partial charge on any atom is 0.255 e. The summed E-state index contributed by atoms with van der Waals surface area (Å²) < 4.78 is 6.00. The number of furan rings is 1. The number of benzene rings is 1. The van der Waals surface area contributed by atoms with Crippen LogP contribution in [0.1, 0.15) is 41.6 Å². The largest absolute Gasteiger partial charge is 0.460 e. The Labute approximate surface area is 162 Å². The molecular formula is C21H20ClN3O2. The fourth-order valence-electron chi connectivity index (χ4n) is 3.67. The van der Waals surface area contributed by atoms with Crippen LogP contribution < -0.4 is 5.56 Å². The van der Waals surface area contributed by atoms with Crippen LogP contribution >= 0.6 is 11.6 Å². The van der Waals surface area contributed by atoms with E-state index in [4.69, 9.17) is 21.0 Å². The molecule has 0 amide bonds. The van der Waals surface area contributed by atoms with E-state index in [-0.39, 0.29) is 5.56 Å². The molecule has 138 valence electrons. The summed E-state index contributed by atoms with van der Waals surface area (Å²) in [7, 11) is 0. The van der Waals surface area contributed by atoms with Crippen LogP contribution in [0.3, 0.4) is 0 Å². The van der Waals surface area contributed by atoms with E-state index in [0.717, 1.165) is 60.0 Å². The first-order valence-corrected chi connectivity index (χ1v) is 9.73. The number of aromatic nitrogens is 2. The zero-order valence-corrected chi connectivity index (χ0v) is 15.6. The van der Waals surface area contributed by atoms with Crippen molar-refractivity contribution in [3.8, 4) is 11.3 Å². The smallest absolute Gasteiger partial charge is 0.255 e. The average Bonchev–Trinajstić information content (AvgIpc) is 3.42. The summed E-state index contributed by atoms with van der Waals surface area (Å²) in [6.45, 7) is 2.13. The van der Waals surface area contributed by atoms with Crippen molar-refractivity contribution in [1.82, 2.24) is 14.9 Å². The molecule has 1 aromatic carbocycles. The summed E-state index contributed by atoms with van der Waals surface area (Å²) in [5.41, 5.74) is 2.67. The molecule has 1 aliphatic carbocycles. The molecule has 0 unspecified atom stereocenters. The van der Waals surface area contributed by atoms with Gasteiger partial charge in [-0.25, -0.2) is 4.98 Å². The second kappa shape index (κ2) is 6.66. The second-order valence-corrected chi connectivity index (χ2v) is 7.76. The first kappa shape index (κ1) is 16.8. The lowest BCUT2D eigenvalue weighted by Gasteiger charge is -2.26.